The van der Waals surface area contributed by atoms with Crippen LogP contribution in [0.15, 0.2) is 90.1 Å². The minimum Gasteiger partial charge on any atom is -0.497 e. The molecule has 8 heteroatoms. The number of carbonyl (C=O) groups is 1. The van der Waals surface area contributed by atoms with Gasteiger partial charge >= 0.3 is 0 Å². The second-order valence-corrected chi connectivity index (χ2v) is 7.81. The molecule has 0 radical (unpaired) electrons. The van der Waals surface area contributed by atoms with E-state index in [4.69, 9.17) is 4.74 Å². The number of rotatable bonds is 8. The molecule has 1 unspecified atom stereocenters. The fourth-order valence-electron chi connectivity index (χ4n) is 3.05. The van der Waals surface area contributed by atoms with Crippen LogP contribution < -0.4 is 10.1 Å². The first-order valence-corrected chi connectivity index (χ1v) is 10.6. The molecular weight excluding hydrogens is 410 g/mol. The average molecular weight is 432 g/mol. The Morgan fingerprint density at radius 1 is 1.03 bits per heavy atom. The number of methoxy groups -OCH3 is 1. The summed E-state index contributed by atoms with van der Waals surface area (Å²) < 4.78 is 6.96. The summed E-state index contributed by atoms with van der Waals surface area (Å²) in [5.41, 5.74) is 2.60. The Kier molecular flexibility index (Phi) is 6.59. The van der Waals surface area contributed by atoms with Crippen molar-refractivity contribution in [1.29, 1.82) is 0 Å². The molecule has 156 valence electrons. The van der Waals surface area contributed by atoms with Gasteiger partial charge in [-0.1, -0.05) is 78.5 Å². The Labute approximate surface area is 184 Å². The Bertz CT molecular complexity index is 1130. The van der Waals surface area contributed by atoms with Crippen molar-refractivity contribution in [3.05, 3.63) is 96.1 Å². The number of tetrazole rings is 1. The number of nitrogens with one attached hydrogen (secondary N) is 1. The van der Waals surface area contributed by atoms with E-state index in [2.05, 4.69) is 20.8 Å². The third kappa shape index (κ3) is 5.29. The molecule has 4 aromatic rings. The maximum absolute atomic E-state index is 13.3. The molecule has 7 nitrogen and oxygen atoms in total. The van der Waals surface area contributed by atoms with Crippen molar-refractivity contribution in [2.24, 2.45) is 0 Å². The van der Waals surface area contributed by atoms with Crippen LogP contribution in [0.5, 0.6) is 5.75 Å². The van der Waals surface area contributed by atoms with Crippen LogP contribution in [0.3, 0.4) is 0 Å². The highest BCUT2D eigenvalue weighted by atomic mass is 32.2. The lowest BCUT2D eigenvalue weighted by Crippen LogP contribution is -2.19. The van der Waals surface area contributed by atoms with E-state index < -0.39 is 5.25 Å². The van der Waals surface area contributed by atoms with Crippen LogP contribution in [0, 0.1) is 0 Å². The molecule has 0 aliphatic heterocycles. The van der Waals surface area contributed by atoms with Gasteiger partial charge in [-0.3, -0.25) is 4.79 Å². The third-order valence-electron chi connectivity index (χ3n) is 4.58. The topological polar surface area (TPSA) is 81.9 Å². The molecule has 1 aromatic heterocycles. The molecule has 0 saturated carbocycles. The number of hydrogen-bond donors (Lipinski definition) is 1. The van der Waals surface area contributed by atoms with Crippen molar-refractivity contribution in [3.63, 3.8) is 0 Å². The summed E-state index contributed by atoms with van der Waals surface area (Å²) in [6.07, 6.45) is 0. The summed E-state index contributed by atoms with van der Waals surface area (Å²) >= 11 is 1.32. The number of nitrogens with zero attached hydrogens (tertiary/aromatic N) is 4. The standard InChI is InChI=1S/C23H21N5O2S/c1-30-20-14-8-13-19(15-20)24-22(29)21(18-11-6-3-7-12-18)31-23-25-26-27-28(23)16-17-9-4-2-5-10-17/h2-15,21H,16H2,1H3,(H,24,29). The van der Waals surface area contributed by atoms with Gasteiger partial charge in [0.2, 0.25) is 11.1 Å². The number of thioether (sulfide) groups is 1. The van der Waals surface area contributed by atoms with Gasteiger partial charge in [-0.25, -0.2) is 4.68 Å². The lowest BCUT2D eigenvalue weighted by Gasteiger charge is -2.17. The van der Waals surface area contributed by atoms with Crippen molar-refractivity contribution in [1.82, 2.24) is 20.2 Å². The average Bonchev–Trinajstić information content (AvgIpc) is 3.25. The lowest BCUT2D eigenvalue weighted by molar-refractivity contribution is -0.115. The van der Waals surface area contributed by atoms with E-state index in [1.54, 1.807) is 17.9 Å². The summed E-state index contributed by atoms with van der Waals surface area (Å²) in [5, 5.41) is 15.1. The van der Waals surface area contributed by atoms with E-state index in [0.29, 0.717) is 23.1 Å². The van der Waals surface area contributed by atoms with E-state index in [1.165, 1.54) is 11.8 Å². The Balaban J connectivity index is 1.58. The second-order valence-electron chi connectivity index (χ2n) is 6.73. The van der Waals surface area contributed by atoms with Gasteiger partial charge in [-0.15, -0.1) is 5.10 Å². The van der Waals surface area contributed by atoms with Gasteiger partial charge in [-0.05, 0) is 33.7 Å². The minimum atomic E-state index is -0.534. The van der Waals surface area contributed by atoms with Gasteiger partial charge < -0.3 is 10.1 Å². The number of carbonyl (C=O) groups excluding carboxylic acids is 1. The molecule has 1 amide bonds. The van der Waals surface area contributed by atoms with Crippen LogP contribution >= 0.6 is 11.8 Å². The Morgan fingerprint density at radius 2 is 1.77 bits per heavy atom. The fraction of sp³-hybridized carbons (Fsp3) is 0.130. The molecule has 4 rings (SSSR count). The first kappa shape index (κ1) is 20.6. The molecule has 0 aliphatic carbocycles. The van der Waals surface area contributed by atoms with Crippen LogP contribution in [0.4, 0.5) is 5.69 Å². The molecular formula is C23H21N5O2S. The predicted octanol–water partition coefficient (Wildman–Crippen LogP) is 4.20. The highest BCUT2D eigenvalue weighted by Crippen LogP contribution is 2.35. The van der Waals surface area contributed by atoms with Crippen LogP contribution in [0.1, 0.15) is 16.4 Å². The number of aromatic nitrogens is 4. The van der Waals surface area contributed by atoms with E-state index in [1.807, 2.05) is 78.9 Å². The van der Waals surface area contributed by atoms with E-state index >= 15 is 0 Å². The third-order valence-corrected chi connectivity index (χ3v) is 5.80. The largest absolute Gasteiger partial charge is 0.497 e. The second kappa shape index (κ2) is 9.90. The monoisotopic (exact) mass is 431 g/mol. The molecule has 1 atom stereocenters. The van der Waals surface area contributed by atoms with Gasteiger partial charge in [0.25, 0.3) is 0 Å². The zero-order valence-electron chi connectivity index (χ0n) is 16.9. The lowest BCUT2D eigenvalue weighted by atomic mass is 10.1. The Morgan fingerprint density at radius 3 is 2.52 bits per heavy atom. The molecule has 3 aromatic carbocycles. The van der Waals surface area contributed by atoms with Crippen molar-refractivity contribution >= 4 is 23.4 Å². The predicted molar refractivity (Wildman–Crippen MR) is 120 cm³/mol. The van der Waals surface area contributed by atoms with E-state index in [-0.39, 0.29) is 5.91 Å². The molecule has 0 aliphatic rings. The normalized spacial score (nSPS) is 11.6. The number of hydrogen-bond acceptors (Lipinski definition) is 6. The van der Waals surface area contributed by atoms with E-state index in [0.717, 1.165) is 11.1 Å². The van der Waals surface area contributed by atoms with Crippen molar-refractivity contribution in [2.75, 3.05) is 12.4 Å². The Hall–Kier alpha value is -3.65. The number of anilines is 1. The minimum absolute atomic E-state index is 0.168. The summed E-state index contributed by atoms with van der Waals surface area (Å²) in [6, 6.07) is 26.8. The summed E-state index contributed by atoms with van der Waals surface area (Å²) in [5.74, 6) is 0.507. The molecule has 0 saturated heterocycles. The van der Waals surface area contributed by atoms with Gasteiger partial charge in [0.15, 0.2) is 0 Å². The molecule has 0 fully saturated rings. The quantitative estimate of drug-likeness (QED) is 0.421. The summed E-state index contributed by atoms with van der Waals surface area (Å²) in [4.78, 5) is 13.3. The maximum Gasteiger partial charge on any atom is 0.242 e. The highest BCUT2D eigenvalue weighted by molar-refractivity contribution is 8.00. The zero-order chi connectivity index (χ0) is 21.5. The first-order valence-electron chi connectivity index (χ1n) is 9.69. The van der Waals surface area contributed by atoms with Crippen molar-refractivity contribution in [2.45, 2.75) is 17.0 Å². The van der Waals surface area contributed by atoms with Gasteiger partial charge in [0.05, 0.1) is 13.7 Å². The van der Waals surface area contributed by atoms with Gasteiger partial charge in [-0.2, -0.15) is 0 Å². The summed E-state index contributed by atoms with van der Waals surface area (Å²) in [6.45, 7) is 0.523. The molecule has 0 spiro atoms. The fourth-order valence-corrected chi connectivity index (χ4v) is 4.03. The summed E-state index contributed by atoms with van der Waals surface area (Å²) in [7, 11) is 1.59. The molecule has 31 heavy (non-hydrogen) atoms. The van der Waals surface area contributed by atoms with Gasteiger partial charge in [0.1, 0.15) is 11.0 Å². The molecule has 1 heterocycles. The smallest absolute Gasteiger partial charge is 0.242 e. The SMILES string of the molecule is COc1cccc(NC(=O)C(Sc2nnnn2Cc2ccccc2)c2ccccc2)c1. The highest BCUT2D eigenvalue weighted by Gasteiger charge is 2.25. The van der Waals surface area contributed by atoms with Crippen LogP contribution in [-0.4, -0.2) is 33.2 Å². The molecule has 1 N–H and O–H groups in total. The molecule has 0 bridgehead atoms. The number of benzene rings is 3. The van der Waals surface area contributed by atoms with Gasteiger partial charge in [0, 0.05) is 11.8 Å². The number of ether oxygens (including phenoxy) is 1. The van der Waals surface area contributed by atoms with Crippen LogP contribution in [0.25, 0.3) is 0 Å². The van der Waals surface area contributed by atoms with Crippen molar-refractivity contribution < 1.29 is 9.53 Å². The van der Waals surface area contributed by atoms with Crippen LogP contribution in [-0.2, 0) is 11.3 Å². The van der Waals surface area contributed by atoms with Crippen molar-refractivity contribution in [3.8, 4) is 5.75 Å². The number of amides is 1. The zero-order valence-corrected chi connectivity index (χ0v) is 17.7. The van der Waals surface area contributed by atoms with Crippen LogP contribution in [0.2, 0.25) is 0 Å². The van der Waals surface area contributed by atoms with E-state index in [9.17, 15) is 4.79 Å². The first-order chi connectivity index (χ1) is 15.2. The maximum atomic E-state index is 13.3.